The number of nitrogens with zero attached hydrogens (tertiary/aromatic N) is 2. The van der Waals surface area contributed by atoms with Gasteiger partial charge in [0.1, 0.15) is 5.82 Å². The van der Waals surface area contributed by atoms with Gasteiger partial charge in [0, 0.05) is 23.5 Å². The minimum atomic E-state index is 0.527. The Hall–Kier alpha value is -2.07. The van der Waals surface area contributed by atoms with Gasteiger partial charge in [-0.2, -0.15) is 4.98 Å². The van der Waals surface area contributed by atoms with Gasteiger partial charge in [-0.25, -0.2) is 4.98 Å². The molecule has 19 heavy (non-hydrogen) atoms. The first kappa shape index (κ1) is 13.4. The first-order valence-electron chi connectivity index (χ1n) is 5.90. The highest BCUT2D eigenvalue weighted by atomic mass is 35.5. The Kier molecular flexibility index (Phi) is 4.36. The molecule has 2 aromatic rings. The lowest BCUT2D eigenvalue weighted by molar-refractivity contribution is 1.14. The molecule has 2 rings (SSSR count). The van der Waals surface area contributed by atoms with E-state index in [1.807, 2.05) is 25.1 Å². The minimum absolute atomic E-state index is 0.527. The molecule has 0 aliphatic carbocycles. The van der Waals surface area contributed by atoms with E-state index in [9.17, 15) is 0 Å². The zero-order valence-corrected chi connectivity index (χ0v) is 11.4. The fourth-order valence-corrected chi connectivity index (χ4v) is 1.73. The zero-order valence-electron chi connectivity index (χ0n) is 10.7. The van der Waals surface area contributed by atoms with Crippen molar-refractivity contribution in [1.29, 1.82) is 0 Å². The van der Waals surface area contributed by atoms with Crippen LogP contribution in [0.4, 0.5) is 17.5 Å². The van der Waals surface area contributed by atoms with Crippen molar-refractivity contribution in [2.24, 2.45) is 0 Å². The maximum absolute atomic E-state index is 6.08. The molecule has 0 unspecified atom stereocenters. The molecule has 2 N–H and O–H groups in total. The number of rotatable bonds is 5. The normalized spacial score (nSPS) is 10.0. The van der Waals surface area contributed by atoms with Crippen LogP contribution in [0.3, 0.4) is 0 Å². The van der Waals surface area contributed by atoms with E-state index in [2.05, 4.69) is 27.2 Å². The fourth-order valence-electron chi connectivity index (χ4n) is 1.56. The molecule has 0 atom stereocenters. The Morgan fingerprint density at radius 1 is 1.37 bits per heavy atom. The van der Waals surface area contributed by atoms with Crippen LogP contribution in [0.25, 0.3) is 0 Å². The summed E-state index contributed by atoms with van der Waals surface area (Å²) in [6.07, 6.45) is 3.47. The van der Waals surface area contributed by atoms with Gasteiger partial charge >= 0.3 is 0 Å². The van der Waals surface area contributed by atoms with E-state index in [0.717, 1.165) is 17.1 Å². The lowest BCUT2D eigenvalue weighted by atomic mass is 10.2. The lowest BCUT2D eigenvalue weighted by Crippen LogP contribution is -2.04. The standard InChI is InChI=1S/C14H15ClN4/c1-3-8-16-13-7-9-17-14(19-13)18-12-6-4-5-11(15)10(12)2/h3-7,9H,1,8H2,2H3,(H2,16,17,18,19). The number of anilines is 3. The number of aromatic nitrogens is 2. The van der Waals surface area contributed by atoms with E-state index in [4.69, 9.17) is 11.6 Å². The van der Waals surface area contributed by atoms with Gasteiger partial charge in [0.25, 0.3) is 0 Å². The monoisotopic (exact) mass is 274 g/mol. The first-order valence-corrected chi connectivity index (χ1v) is 6.28. The maximum Gasteiger partial charge on any atom is 0.229 e. The van der Waals surface area contributed by atoms with Crippen LogP contribution >= 0.6 is 11.6 Å². The lowest BCUT2D eigenvalue weighted by Gasteiger charge is -2.10. The van der Waals surface area contributed by atoms with Gasteiger partial charge in [-0.1, -0.05) is 23.7 Å². The molecular formula is C14H15ClN4. The summed E-state index contributed by atoms with van der Waals surface area (Å²) >= 11 is 6.08. The smallest absolute Gasteiger partial charge is 0.229 e. The number of halogens is 1. The van der Waals surface area contributed by atoms with E-state index in [1.165, 1.54) is 0 Å². The summed E-state index contributed by atoms with van der Waals surface area (Å²) in [7, 11) is 0. The topological polar surface area (TPSA) is 49.8 Å². The molecule has 0 saturated heterocycles. The van der Waals surface area contributed by atoms with Gasteiger partial charge in [-0.3, -0.25) is 0 Å². The summed E-state index contributed by atoms with van der Waals surface area (Å²) < 4.78 is 0. The summed E-state index contributed by atoms with van der Waals surface area (Å²) in [5, 5.41) is 6.98. The average Bonchev–Trinajstić information content (AvgIpc) is 2.42. The summed E-state index contributed by atoms with van der Waals surface area (Å²) in [4.78, 5) is 8.53. The SMILES string of the molecule is C=CCNc1ccnc(Nc2cccc(Cl)c2C)n1. The number of hydrogen-bond acceptors (Lipinski definition) is 4. The minimum Gasteiger partial charge on any atom is -0.366 e. The third kappa shape index (κ3) is 3.45. The molecule has 4 nitrogen and oxygen atoms in total. The Labute approximate surface area is 117 Å². The van der Waals surface area contributed by atoms with Gasteiger partial charge < -0.3 is 10.6 Å². The molecule has 0 fully saturated rings. The van der Waals surface area contributed by atoms with Crippen LogP contribution in [0.2, 0.25) is 5.02 Å². The molecule has 0 amide bonds. The highest BCUT2D eigenvalue weighted by Crippen LogP contribution is 2.25. The summed E-state index contributed by atoms with van der Waals surface area (Å²) in [6, 6.07) is 7.48. The summed E-state index contributed by atoms with van der Waals surface area (Å²) in [5.74, 6) is 1.27. The van der Waals surface area contributed by atoms with Gasteiger partial charge in [0.2, 0.25) is 5.95 Å². The predicted molar refractivity (Wildman–Crippen MR) is 80.2 cm³/mol. The van der Waals surface area contributed by atoms with Crippen LogP contribution in [0.1, 0.15) is 5.56 Å². The van der Waals surface area contributed by atoms with Crippen LogP contribution in [0.15, 0.2) is 43.1 Å². The van der Waals surface area contributed by atoms with Crippen molar-refractivity contribution < 1.29 is 0 Å². The van der Waals surface area contributed by atoms with Gasteiger partial charge in [-0.15, -0.1) is 6.58 Å². The van der Waals surface area contributed by atoms with E-state index in [1.54, 1.807) is 18.3 Å². The van der Waals surface area contributed by atoms with E-state index < -0.39 is 0 Å². The molecule has 1 aromatic carbocycles. The zero-order chi connectivity index (χ0) is 13.7. The number of benzene rings is 1. The fraction of sp³-hybridized carbons (Fsp3) is 0.143. The van der Waals surface area contributed by atoms with Crippen LogP contribution in [-0.2, 0) is 0 Å². The molecule has 1 heterocycles. The second-order valence-electron chi connectivity index (χ2n) is 3.97. The highest BCUT2D eigenvalue weighted by molar-refractivity contribution is 6.31. The van der Waals surface area contributed by atoms with E-state index >= 15 is 0 Å². The van der Waals surface area contributed by atoms with Gasteiger partial charge in [-0.05, 0) is 30.7 Å². The van der Waals surface area contributed by atoms with Crippen molar-refractivity contribution in [3.8, 4) is 0 Å². The number of nitrogens with one attached hydrogen (secondary N) is 2. The molecule has 0 radical (unpaired) electrons. The van der Waals surface area contributed by atoms with Crippen molar-refractivity contribution >= 4 is 29.1 Å². The van der Waals surface area contributed by atoms with Crippen LogP contribution in [0, 0.1) is 6.92 Å². The molecule has 0 bridgehead atoms. The Bertz CT molecular complexity index is 583. The highest BCUT2D eigenvalue weighted by Gasteiger charge is 2.04. The van der Waals surface area contributed by atoms with Crippen LogP contribution in [-0.4, -0.2) is 16.5 Å². The Balaban J connectivity index is 2.18. The Morgan fingerprint density at radius 2 is 2.21 bits per heavy atom. The maximum atomic E-state index is 6.08. The molecule has 0 spiro atoms. The Morgan fingerprint density at radius 3 is 3.00 bits per heavy atom. The van der Waals surface area contributed by atoms with Crippen molar-refractivity contribution in [1.82, 2.24) is 9.97 Å². The second-order valence-corrected chi connectivity index (χ2v) is 4.38. The molecule has 1 aromatic heterocycles. The third-order valence-corrected chi connectivity index (χ3v) is 3.01. The molecule has 98 valence electrons. The van der Waals surface area contributed by atoms with Crippen LogP contribution in [0.5, 0.6) is 0 Å². The predicted octanol–water partition coefficient (Wildman–Crippen LogP) is 3.78. The second kappa shape index (κ2) is 6.20. The third-order valence-electron chi connectivity index (χ3n) is 2.60. The molecular weight excluding hydrogens is 260 g/mol. The van der Waals surface area contributed by atoms with Crippen molar-refractivity contribution in [3.05, 3.63) is 53.7 Å². The van der Waals surface area contributed by atoms with Gasteiger partial charge in [0.15, 0.2) is 0 Å². The number of hydrogen-bond donors (Lipinski definition) is 2. The molecule has 0 aliphatic rings. The summed E-state index contributed by atoms with van der Waals surface area (Å²) in [5.41, 5.74) is 1.87. The van der Waals surface area contributed by atoms with Crippen molar-refractivity contribution in [3.63, 3.8) is 0 Å². The average molecular weight is 275 g/mol. The van der Waals surface area contributed by atoms with E-state index in [0.29, 0.717) is 17.5 Å². The van der Waals surface area contributed by atoms with Crippen molar-refractivity contribution in [2.45, 2.75) is 6.92 Å². The molecule has 0 saturated carbocycles. The molecule has 0 aliphatic heterocycles. The largest absolute Gasteiger partial charge is 0.366 e. The first-order chi connectivity index (χ1) is 9.20. The van der Waals surface area contributed by atoms with Gasteiger partial charge in [0.05, 0.1) is 0 Å². The quantitative estimate of drug-likeness (QED) is 0.815. The summed E-state index contributed by atoms with van der Waals surface area (Å²) in [6.45, 7) is 6.26. The molecule has 5 heteroatoms. The van der Waals surface area contributed by atoms with Crippen LogP contribution < -0.4 is 10.6 Å². The van der Waals surface area contributed by atoms with Crippen molar-refractivity contribution in [2.75, 3.05) is 17.2 Å². The van der Waals surface area contributed by atoms with E-state index in [-0.39, 0.29) is 0 Å².